The summed E-state index contributed by atoms with van der Waals surface area (Å²) in [6, 6.07) is 5.86. The fourth-order valence-corrected chi connectivity index (χ4v) is 2.57. The summed E-state index contributed by atoms with van der Waals surface area (Å²) < 4.78 is 1.88. The summed E-state index contributed by atoms with van der Waals surface area (Å²) in [6.07, 6.45) is 1.47. The topological polar surface area (TPSA) is 69.6 Å². The molecule has 6 heteroatoms. The molecular formula is C16H18ClN5. The number of hydrogen-bond donors (Lipinski definition) is 1. The average Bonchev–Trinajstić information content (AvgIpc) is 2.83. The Kier molecular flexibility index (Phi) is 3.33. The number of aromatic nitrogens is 4. The highest BCUT2D eigenvalue weighted by Crippen LogP contribution is 2.34. The van der Waals surface area contributed by atoms with Crippen LogP contribution in [-0.2, 0) is 5.54 Å². The van der Waals surface area contributed by atoms with Gasteiger partial charge in [0.1, 0.15) is 17.8 Å². The van der Waals surface area contributed by atoms with Crippen LogP contribution in [0.4, 0.5) is 5.82 Å². The minimum atomic E-state index is -0.216. The Morgan fingerprint density at radius 3 is 2.55 bits per heavy atom. The first kappa shape index (κ1) is 14.8. The number of benzene rings is 1. The van der Waals surface area contributed by atoms with Gasteiger partial charge in [-0.05, 0) is 39.3 Å². The molecule has 3 rings (SSSR count). The molecule has 5 nitrogen and oxygen atoms in total. The van der Waals surface area contributed by atoms with Gasteiger partial charge in [-0.25, -0.2) is 14.6 Å². The van der Waals surface area contributed by atoms with E-state index in [1.807, 2.05) is 29.8 Å². The van der Waals surface area contributed by atoms with E-state index in [0.29, 0.717) is 10.8 Å². The standard InChI is InChI=1S/C16H18ClN5/c1-9-5-6-10(7-11(9)17)13-12-14(18)19-8-20-15(12)22(21-13)16(2,3)4/h5-8H,1-4H3,(H2,18,19,20). The molecule has 1 aromatic carbocycles. The molecule has 0 bridgehead atoms. The van der Waals surface area contributed by atoms with Gasteiger partial charge in [0.15, 0.2) is 5.65 Å². The zero-order valence-corrected chi connectivity index (χ0v) is 13.8. The second-order valence-corrected chi connectivity index (χ2v) is 6.76. The van der Waals surface area contributed by atoms with E-state index in [0.717, 1.165) is 27.9 Å². The maximum atomic E-state index is 6.25. The van der Waals surface area contributed by atoms with Gasteiger partial charge in [-0.15, -0.1) is 0 Å². The maximum Gasteiger partial charge on any atom is 0.164 e. The predicted molar refractivity (Wildman–Crippen MR) is 89.9 cm³/mol. The molecule has 22 heavy (non-hydrogen) atoms. The summed E-state index contributed by atoms with van der Waals surface area (Å²) in [5.41, 5.74) is 9.28. The monoisotopic (exact) mass is 315 g/mol. The SMILES string of the molecule is Cc1ccc(-c2nn(C(C)(C)C)c3ncnc(N)c23)cc1Cl. The second kappa shape index (κ2) is 4.95. The van der Waals surface area contributed by atoms with E-state index in [1.165, 1.54) is 6.33 Å². The van der Waals surface area contributed by atoms with Gasteiger partial charge < -0.3 is 5.73 Å². The lowest BCUT2D eigenvalue weighted by Gasteiger charge is -2.19. The van der Waals surface area contributed by atoms with Crippen molar-refractivity contribution in [2.45, 2.75) is 33.2 Å². The largest absolute Gasteiger partial charge is 0.383 e. The molecule has 0 aliphatic heterocycles. The molecule has 0 spiro atoms. The maximum absolute atomic E-state index is 6.25. The molecule has 2 heterocycles. The minimum Gasteiger partial charge on any atom is -0.383 e. The second-order valence-electron chi connectivity index (χ2n) is 6.35. The normalized spacial score (nSPS) is 12.0. The molecule has 0 aliphatic carbocycles. The third kappa shape index (κ3) is 2.31. The van der Waals surface area contributed by atoms with Crippen molar-refractivity contribution in [3.05, 3.63) is 35.1 Å². The molecular weight excluding hydrogens is 298 g/mol. The average molecular weight is 316 g/mol. The van der Waals surface area contributed by atoms with Gasteiger partial charge in [0.2, 0.25) is 0 Å². The number of aryl methyl sites for hydroxylation is 1. The highest BCUT2D eigenvalue weighted by molar-refractivity contribution is 6.31. The van der Waals surface area contributed by atoms with E-state index in [-0.39, 0.29) is 5.54 Å². The number of hydrogen-bond acceptors (Lipinski definition) is 4. The lowest BCUT2D eigenvalue weighted by molar-refractivity contribution is 0.367. The Morgan fingerprint density at radius 1 is 1.18 bits per heavy atom. The first-order chi connectivity index (χ1) is 10.3. The van der Waals surface area contributed by atoms with Crippen molar-refractivity contribution in [3.8, 4) is 11.3 Å². The molecule has 114 valence electrons. The molecule has 0 aliphatic rings. The summed E-state index contributed by atoms with van der Waals surface area (Å²) in [6.45, 7) is 8.19. The highest BCUT2D eigenvalue weighted by Gasteiger charge is 2.23. The van der Waals surface area contributed by atoms with Gasteiger partial charge in [-0.1, -0.05) is 23.7 Å². The zero-order valence-electron chi connectivity index (χ0n) is 13.1. The van der Waals surface area contributed by atoms with Crippen LogP contribution in [0.2, 0.25) is 5.02 Å². The molecule has 2 N–H and O–H groups in total. The molecule has 0 radical (unpaired) electrons. The van der Waals surface area contributed by atoms with Crippen LogP contribution in [0, 0.1) is 6.92 Å². The van der Waals surface area contributed by atoms with E-state index in [1.54, 1.807) is 0 Å². The molecule has 3 aromatic rings. The van der Waals surface area contributed by atoms with Crippen LogP contribution in [0.1, 0.15) is 26.3 Å². The van der Waals surface area contributed by atoms with Crippen molar-refractivity contribution >= 4 is 28.5 Å². The number of nitrogen functional groups attached to an aromatic ring is 1. The van der Waals surface area contributed by atoms with Crippen LogP contribution in [0.15, 0.2) is 24.5 Å². The molecule has 0 fully saturated rings. The fourth-order valence-electron chi connectivity index (χ4n) is 2.38. The van der Waals surface area contributed by atoms with Crippen molar-refractivity contribution in [1.29, 1.82) is 0 Å². The van der Waals surface area contributed by atoms with Crippen molar-refractivity contribution in [1.82, 2.24) is 19.7 Å². The van der Waals surface area contributed by atoms with Crippen LogP contribution in [0.25, 0.3) is 22.3 Å². The predicted octanol–water partition coefficient (Wildman–Crippen LogP) is 3.79. The van der Waals surface area contributed by atoms with Gasteiger partial charge in [0, 0.05) is 10.6 Å². The highest BCUT2D eigenvalue weighted by atomic mass is 35.5. The molecule has 0 atom stereocenters. The van der Waals surface area contributed by atoms with E-state index in [4.69, 9.17) is 22.4 Å². The Balaban J connectivity index is 2.36. The zero-order chi connectivity index (χ0) is 16.1. The lowest BCUT2D eigenvalue weighted by Crippen LogP contribution is -2.23. The third-order valence-electron chi connectivity index (χ3n) is 3.57. The third-order valence-corrected chi connectivity index (χ3v) is 3.98. The number of halogens is 1. The molecule has 0 saturated heterocycles. The van der Waals surface area contributed by atoms with Crippen LogP contribution in [0.5, 0.6) is 0 Å². The smallest absolute Gasteiger partial charge is 0.164 e. The Morgan fingerprint density at radius 2 is 1.91 bits per heavy atom. The van der Waals surface area contributed by atoms with Crippen molar-refractivity contribution in [2.75, 3.05) is 5.73 Å². The quantitative estimate of drug-likeness (QED) is 0.741. The Hall–Kier alpha value is -2.14. The summed E-state index contributed by atoms with van der Waals surface area (Å²) in [7, 11) is 0. The van der Waals surface area contributed by atoms with Gasteiger partial charge in [-0.2, -0.15) is 5.10 Å². The first-order valence-electron chi connectivity index (χ1n) is 7.05. The van der Waals surface area contributed by atoms with E-state index >= 15 is 0 Å². The number of nitrogens with two attached hydrogens (primary N) is 1. The van der Waals surface area contributed by atoms with Crippen molar-refractivity contribution < 1.29 is 0 Å². The number of fused-ring (bicyclic) bond motifs is 1. The van der Waals surface area contributed by atoms with Crippen LogP contribution in [-0.4, -0.2) is 19.7 Å². The fraction of sp³-hybridized carbons (Fsp3) is 0.312. The van der Waals surface area contributed by atoms with Gasteiger partial charge in [-0.3, -0.25) is 0 Å². The molecule has 2 aromatic heterocycles. The molecule has 0 saturated carbocycles. The van der Waals surface area contributed by atoms with Crippen LogP contribution >= 0.6 is 11.6 Å². The number of nitrogens with zero attached hydrogens (tertiary/aromatic N) is 4. The summed E-state index contributed by atoms with van der Waals surface area (Å²) in [5.74, 6) is 0.423. The van der Waals surface area contributed by atoms with Gasteiger partial charge in [0.25, 0.3) is 0 Å². The summed E-state index contributed by atoms with van der Waals surface area (Å²) in [4.78, 5) is 8.48. The Labute approximate surface area is 134 Å². The summed E-state index contributed by atoms with van der Waals surface area (Å²) in [5, 5.41) is 6.20. The molecule has 0 unspecified atom stereocenters. The van der Waals surface area contributed by atoms with Gasteiger partial charge in [0.05, 0.1) is 10.9 Å². The minimum absolute atomic E-state index is 0.216. The van der Waals surface area contributed by atoms with E-state index < -0.39 is 0 Å². The Bertz CT molecular complexity index is 861. The first-order valence-corrected chi connectivity index (χ1v) is 7.43. The summed E-state index contributed by atoms with van der Waals surface area (Å²) >= 11 is 6.25. The number of anilines is 1. The van der Waals surface area contributed by atoms with Crippen LogP contribution in [0.3, 0.4) is 0 Å². The van der Waals surface area contributed by atoms with E-state index in [9.17, 15) is 0 Å². The van der Waals surface area contributed by atoms with Crippen molar-refractivity contribution in [2.24, 2.45) is 0 Å². The van der Waals surface area contributed by atoms with Crippen molar-refractivity contribution in [3.63, 3.8) is 0 Å². The van der Waals surface area contributed by atoms with E-state index in [2.05, 4.69) is 30.7 Å². The van der Waals surface area contributed by atoms with Gasteiger partial charge >= 0.3 is 0 Å². The van der Waals surface area contributed by atoms with Crippen LogP contribution < -0.4 is 5.73 Å². The number of rotatable bonds is 1. The molecule has 0 amide bonds. The lowest BCUT2D eigenvalue weighted by atomic mass is 10.1.